The summed E-state index contributed by atoms with van der Waals surface area (Å²) in [5.74, 6) is 2.32. The van der Waals surface area contributed by atoms with E-state index in [0.717, 1.165) is 55.4 Å². The molecule has 0 amide bonds. The number of para-hydroxylation sites is 3. The third-order valence-electron chi connectivity index (χ3n) is 8.94. The highest BCUT2D eigenvalue weighted by molar-refractivity contribution is 6.21. The summed E-state index contributed by atoms with van der Waals surface area (Å²) >= 11 is 0. The lowest BCUT2D eigenvalue weighted by molar-refractivity contribution is 0.0950. The van der Waals surface area contributed by atoms with Crippen LogP contribution < -0.4 is 0 Å². The second-order valence-electron chi connectivity index (χ2n) is 11.9. The Morgan fingerprint density at radius 2 is 1.16 bits per heavy atom. The minimum absolute atomic E-state index is 0.0767. The Balaban J connectivity index is 1.37. The van der Waals surface area contributed by atoms with E-state index in [1.165, 1.54) is 0 Å². The van der Waals surface area contributed by atoms with Crippen molar-refractivity contribution in [1.82, 2.24) is 29.1 Å². The number of fused-ring (bicyclic) bond motifs is 8. The van der Waals surface area contributed by atoms with E-state index in [9.17, 15) is 4.79 Å². The van der Waals surface area contributed by atoms with Crippen LogP contribution >= 0.6 is 0 Å². The molecule has 0 bridgehead atoms. The molecule has 0 unspecified atom stereocenters. The molecular formula is C38H26N6O. The van der Waals surface area contributed by atoms with Gasteiger partial charge in [0.25, 0.3) is 5.91 Å². The highest BCUT2D eigenvalue weighted by Crippen LogP contribution is 2.45. The smallest absolute Gasteiger partial charge is 0.264 e. The topological polar surface area (TPSA) is 78.5 Å². The van der Waals surface area contributed by atoms with E-state index >= 15 is 0 Å². The van der Waals surface area contributed by atoms with Gasteiger partial charge in [0.05, 0.1) is 27.6 Å². The average Bonchev–Trinajstić information content (AvgIpc) is 3.65. The zero-order valence-electron chi connectivity index (χ0n) is 24.6. The second-order valence-corrected chi connectivity index (χ2v) is 11.9. The summed E-state index contributed by atoms with van der Waals surface area (Å²) in [4.78, 5) is 34.5. The maximum absolute atomic E-state index is 14.6. The number of hydrogen-bond donors (Lipinski definition) is 0. The number of carbonyl (C=O) groups is 1. The largest absolute Gasteiger partial charge is 0.278 e. The molecule has 3 aromatic heterocycles. The zero-order chi connectivity index (χ0) is 30.3. The molecule has 1 aliphatic rings. The quantitative estimate of drug-likeness (QED) is 0.211. The molecule has 0 aliphatic carbocycles. The van der Waals surface area contributed by atoms with Crippen molar-refractivity contribution in [2.24, 2.45) is 0 Å². The van der Waals surface area contributed by atoms with Gasteiger partial charge >= 0.3 is 0 Å². The summed E-state index contributed by atoms with van der Waals surface area (Å²) in [5, 5.41) is 1.84. The Kier molecular flexibility index (Phi) is 5.26. The first-order chi connectivity index (χ1) is 22.0. The van der Waals surface area contributed by atoms with Crippen molar-refractivity contribution in [3.8, 4) is 28.7 Å². The van der Waals surface area contributed by atoms with E-state index < -0.39 is 5.41 Å². The summed E-state index contributed by atoms with van der Waals surface area (Å²) < 4.78 is 3.86. The van der Waals surface area contributed by atoms with Crippen LogP contribution in [-0.2, 0) is 5.41 Å². The number of carbonyl (C=O) groups excluding carboxylic acids is 1. The van der Waals surface area contributed by atoms with Gasteiger partial charge in [0, 0.05) is 27.3 Å². The van der Waals surface area contributed by atoms with Crippen molar-refractivity contribution >= 4 is 38.7 Å². The van der Waals surface area contributed by atoms with Crippen molar-refractivity contribution < 1.29 is 4.79 Å². The van der Waals surface area contributed by atoms with Crippen LogP contribution in [-0.4, -0.2) is 35.0 Å². The van der Waals surface area contributed by atoms with Gasteiger partial charge in [-0.2, -0.15) is 9.97 Å². The Morgan fingerprint density at radius 3 is 1.84 bits per heavy atom. The van der Waals surface area contributed by atoms with E-state index in [2.05, 4.69) is 42.7 Å². The van der Waals surface area contributed by atoms with Gasteiger partial charge in [-0.3, -0.25) is 13.9 Å². The number of imidazole rings is 1. The molecule has 7 heteroatoms. The first-order valence-electron chi connectivity index (χ1n) is 15.0. The van der Waals surface area contributed by atoms with Crippen molar-refractivity contribution in [2.75, 3.05) is 0 Å². The normalized spacial score (nSPS) is 13.8. The predicted molar refractivity (Wildman–Crippen MR) is 177 cm³/mol. The molecular weight excluding hydrogens is 556 g/mol. The summed E-state index contributed by atoms with van der Waals surface area (Å²) in [6.45, 7) is 4.29. The van der Waals surface area contributed by atoms with Crippen molar-refractivity contribution in [1.29, 1.82) is 0 Å². The molecule has 4 heterocycles. The van der Waals surface area contributed by atoms with Crippen molar-refractivity contribution in [3.63, 3.8) is 0 Å². The molecule has 0 fully saturated rings. The Bertz CT molecular complexity index is 2420. The van der Waals surface area contributed by atoms with Crippen LogP contribution in [0.1, 0.15) is 35.6 Å². The molecule has 0 radical (unpaired) electrons. The molecule has 214 valence electrons. The molecule has 9 rings (SSSR count). The van der Waals surface area contributed by atoms with E-state index in [4.69, 9.17) is 19.9 Å². The van der Waals surface area contributed by atoms with E-state index in [1.54, 1.807) is 4.57 Å². The van der Waals surface area contributed by atoms with Crippen molar-refractivity contribution in [2.45, 2.75) is 19.3 Å². The van der Waals surface area contributed by atoms with Crippen LogP contribution in [0, 0.1) is 0 Å². The second kappa shape index (κ2) is 9.27. The van der Waals surface area contributed by atoms with Gasteiger partial charge in [0.15, 0.2) is 11.6 Å². The fourth-order valence-corrected chi connectivity index (χ4v) is 6.80. The molecule has 0 atom stereocenters. The first-order valence-corrected chi connectivity index (χ1v) is 15.0. The average molecular weight is 583 g/mol. The summed E-state index contributed by atoms with van der Waals surface area (Å²) in [6, 6.07) is 40.1. The molecule has 0 spiro atoms. The molecule has 5 aromatic carbocycles. The Hall–Kier alpha value is -5.95. The summed E-state index contributed by atoms with van der Waals surface area (Å²) in [7, 11) is 0. The number of rotatable bonds is 3. The minimum Gasteiger partial charge on any atom is -0.278 e. The van der Waals surface area contributed by atoms with Crippen LogP contribution in [0.5, 0.6) is 0 Å². The Morgan fingerprint density at radius 1 is 0.556 bits per heavy atom. The van der Waals surface area contributed by atoms with Gasteiger partial charge in [-0.1, -0.05) is 97.1 Å². The Labute approximate surface area is 258 Å². The van der Waals surface area contributed by atoms with Crippen LogP contribution in [0.4, 0.5) is 0 Å². The lowest BCUT2D eigenvalue weighted by Crippen LogP contribution is -2.35. The third kappa shape index (κ3) is 3.61. The number of benzene rings is 5. The molecule has 8 aromatic rings. The van der Waals surface area contributed by atoms with Gasteiger partial charge in [-0.05, 0) is 43.7 Å². The third-order valence-corrected chi connectivity index (χ3v) is 8.94. The standard InChI is InChI=1S/C38H26N6O/c1-38(2)26-21-22-30-31(32(26)35(45)44-29-20-12-10-18-27(29)39-36(38)44)25-17-9-11-19-28(25)43(30)37-41-33(23-13-5-3-6-14-23)40-34(42-37)24-15-7-4-8-16-24/h3-22H,1-2H3. The highest BCUT2D eigenvalue weighted by Gasteiger charge is 2.41. The van der Waals surface area contributed by atoms with Gasteiger partial charge in [0.1, 0.15) is 5.82 Å². The van der Waals surface area contributed by atoms with Crippen LogP contribution in [0.25, 0.3) is 61.6 Å². The SMILES string of the molecule is CC1(C)c2ccc3c(c2C(=O)n2c1nc1ccccc12)c1ccccc1n3-c1nc(-c2ccccc2)nc(-c2ccccc2)n1. The summed E-state index contributed by atoms with van der Waals surface area (Å²) in [5.41, 5.74) is 6.32. The molecule has 0 saturated heterocycles. The van der Waals surface area contributed by atoms with E-state index in [0.29, 0.717) is 23.2 Å². The van der Waals surface area contributed by atoms with Crippen LogP contribution in [0.15, 0.2) is 121 Å². The fourth-order valence-electron chi connectivity index (χ4n) is 6.80. The molecule has 45 heavy (non-hydrogen) atoms. The van der Waals surface area contributed by atoms with Gasteiger partial charge in [-0.25, -0.2) is 9.97 Å². The molecule has 1 aliphatic heterocycles. The van der Waals surface area contributed by atoms with Gasteiger partial charge in [0.2, 0.25) is 5.95 Å². The zero-order valence-corrected chi connectivity index (χ0v) is 24.6. The molecule has 7 nitrogen and oxygen atoms in total. The van der Waals surface area contributed by atoms with Gasteiger partial charge < -0.3 is 0 Å². The summed E-state index contributed by atoms with van der Waals surface area (Å²) in [6.07, 6.45) is 0. The number of nitrogens with zero attached hydrogens (tertiary/aromatic N) is 6. The highest BCUT2D eigenvalue weighted by atomic mass is 16.2. The van der Waals surface area contributed by atoms with E-state index in [1.807, 2.05) is 97.1 Å². The number of aromatic nitrogens is 6. The maximum atomic E-state index is 14.6. The lowest BCUT2D eigenvalue weighted by Gasteiger charge is -2.32. The molecule has 0 N–H and O–H groups in total. The van der Waals surface area contributed by atoms with Crippen molar-refractivity contribution in [3.05, 3.63) is 138 Å². The first kappa shape index (κ1) is 25.5. The van der Waals surface area contributed by atoms with Gasteiger partial charge in [-0.15, -0.1) is 0 Å². The lowest BCUT2D eigenvalue weighted by atomic mass is 9.77. The van der Waals surface area contributed by atoms with Crippen LogP contribution in [0.2, 0.25) is 0 Å². The van der Waals surface area contributed by atoms with Crippen LogP contribution in [0.3, 0.4) is 0 Å². The fraction of sp³-hybridized carbons (Fsp3) is 0.0789. The van der Waals surface area contributed by atoms with E-state index in [-0.39, 0.29) is 5.91 Å². The number of hydrogen-bond acceptors (Lipinski definition) is 5. The maximum Gasteiger partial charge on any atom is 0.264 e. The monoisotopic (exact) mass is 582 g/mol. The minimum atomic E-state index is -0.506. The predicted octanol–water partition coefficient (Wildman–Crippen LogP) is 7.98. The molecule has 0 saturated carbocycles.